The van der Waals surface area contributed by atoms with Crippen molar-refractivity contribution in [2.45, 2.75) is 63.9 Å². The van der Waals surface area contributed by atoms with Crippen molar-refractivity contribution in [3.05, 3.63) is 35.4 Å². The number of benzene rings is 1. The van der Waals surface area contributed by atoms with Crippen LogP contribution in [0.1, 0.15) is 63.4 Å². The van der Waals surface area contributed by atoms with Gasteiger partial charge in [0.25, 0.3) is 0 Å². The molecule has 1 aromatic rings. The summed E-state index contributed by atoms with van der Waals surface area (Å²) in [5.74, 6) is 0.555. The van der Waals surface area contributed by atoms with Crippen molar-refractivity contribution in [2.75, 3.05) is 13.7 Å². The molecule has 0 spiro atoms. The molecule has 4 heteroatoms. The van der Waals surface area contributed by atoms with Crippen LogP contribution in [0.25, 0.3) is 5.57 Å². The van der Waals surface area contributed by atoms with Crippen molar-refractivity contribution < 1.29 is 18.3 Å². The lowest BCUT2D eigenvalue weighted by Gasteiger charge is -2.35. The highest BCUT2D eigenvalue weighted by molar-refractivity contribution is 5.67. The average molecular weight is 376 g/mol. The van der Waals surface area contributed by atoms with E-state index in [-0.39, 0.29) is 5.75 Å². The number of hydrogen-bond acceptors (Lipinski definition) is 2. The van der Waals surface area contributed by atoms with Crippen LogP contribution >= 0.6 is 0 Å². The van der Waals surface area contributed by atoms with E-state index < -0.39 is 11.6 Å². The maximum absolute atomic E-state index is 14.4. The van der Waals surface area contributed by atoms with Crippen LogP contribution < -0.4 is 4.74 Å². The summed E-state index contributed by atoms with van der Waals surface area (Å²) in [7, 11) is 1.35. The Kier molecular flexibility index (Phi) is 5.82. The summed E-state index contributed by atoms with van der Waals surface area (Å²) in [5, 5.41) is 0. The lowest BCUT2D eigenvalue weighted by Crippen LogP contribution is -2.27. The molecule has 0 aliphatic heterocycles. The smallest absolute Gasteiger partial charge is 0.201 e. The van der Waals surface area contributed by atoms with Gasteiger partial charge in [-0.15, -0.1) is 0 Å². The normalized spacial score (nSPS) is 28.7. The second-order valence-corrected chi connectivity index (χ2v) is 8.52. The fourth-order valence-electron chi connectivity index (χ4n) is 4.75. The largest absolute Gasteiger partial charge is 0.494 e. The van der Waals surface area contributed by atoms with Gasteiger partial charge >= 0.3 is 0 Å². The minimum Gasteiger partial charge on any atom is -0.494 e. The molecule has 2 nitrogen and oxygen atoms in total. The average Bonchev–Trinajstić information content (AvgIpc) is 3.54. The van der Waals surface area contributed by atoms with E-state index in [1.807, 2.05) is 0 Å². The first kappa shape index (κ1) is 18.9. The van der Waals surface area contributed by atoms with Crippen molar-refractivity contribution in [3.63, 3.8) is 0 Å². The topological polar surface area (TPSA) is 18.5 Å². The molecule has 0 heterocycles. The Morgan fingerprint density at radius 1 is 0.926 bits per heavy atom. The standard InChI is InChI=1S/C23H30F2O2/c1-26-21-13-12-20(22(24)23(21)25)18-6-4-16(5-7-18)17-8-10-19(11-9-17)27-14-15-2-3-15/h6,12-13,15-17,19H,2-5,7-11,14H2,1H3. The van der Waals surface area contributed by atoms with E-state index in [9.17, 15) is 8.78 Å². The highest BCUT2D eigenvalue weighted by Gasteiger charge is 2.31. The third-order valence-electron chi connectivity index (χ3n) is 6.71. The van der Waals surface area contributed by atoms with E-state index in [0.717, 1.165) is 43.3 Å². The zero-order chi connectivity index (χ0) is 18.8. The molecule has 1 aromatic carbocycles. The lowest BCUT2D eigenvalue weighted by atomic mass is 9.73. The second kappa shape index (κ2) is 8.30. The molecule has 0 N–H and O–H groups in total. The number of rotatable bonds is 6. The molecule has 0 amide bonds. The summed E-state index contributed by atoms with van der Waals surface area (Å²) in [5.41, 5.74) is 1.33. The predicted octanol–water partition coefficient (Wildman–Crippen LogP) is 6.14. The van der Waals surface area contributed by atoms with Gasteiger partial charge in [0.15, 0.2) is 11.6 Å². The third kappa shape index (κ3) is 4.37. The molecule has 4 rings (SSSR count). The van der Waals surface area contributed by atoms with Crippen LogP contribution in [0.3, 0.4) is 0 Å². The van der Waals surface area contributed by atoms with E-state index in [1.54, 1.807) is 6.07 Å². The molecule has 0 radical (unpaired) electrons. The fourth-order valence-corrected chi connectivity index (χ4v) is 4.75. The van der Waals surface area contributed by atoms with Gasteiger partial charge in [-0.25, -0.2) is 4.39 Å². The van der Waals surface area contributed by atoms with Gasteiger partial charge in [0.05, 0.1) is 13.2 Å². The third-order valence-corrected chi connectivity index (χ3v) is 6.71. The minimum absolute atomic E-state index is 0.0359. The molecule has 1 unspecified atom stereocenters. The molecule has 148 valence electrons. The van der Waals surface area contributed by atoms with Gasteiger partial charge in [-0.2, -0.15) is 4.39 Å². The summed E-state index contributed by atoms with van der Waals surface area (Å²) in [6.45, 7) is 0.967. The van der Waals surface area contributed by atoms with Crippen LogP contribution in [0.4, 0.5) is 8.78 Å². The van der Waals surface area contributed by atoms with Crippen LogP contribution in [-0.2, 0) is 4.74 Å². The maximum Gasteiger partial charge on any atom is 0.201 e. The molecule has 2 saturated carbocycles. The Labute approximate surface area is 160 Å². The van der Waals surface area contributed by atoms with Crippen molar-refractivity contribution in [3.8, 4) is 5.75 Å². The highest BCUT2D eigenvalue weighted by atomic mass is 19.2. The van der Waals surface area contributed by atoms with Gasteiger partial charge in [-0.1, -0.05) is 6.08 Å². The Balaban J connectivity index is 1.32. The second-order valence-electron chi connectivity index (χ2n) is 8.52. The summed E-state index contributed by atoms with van der Waals surface area (Å²) >= 11 is 0. The van der Waals surface area contributed by atoms with Crippen LogP contribution in [0, 0.1) is 29.4 Å². The number of methoxy groups -OCH3 is 1. The molecule has 2 fully saturated rings. The Bertz CT molecular complexity index is 688. The van der Waals surface area contributed by atoms with E-state index in [1.165, 1.54) is 51.7 Å². The van der Waals surface area contributed by atoms with Gasteiger partial charge in [0.1, 0.15) is 0 Å². The van der Waals surface area contributed by atoms with E-state index in [0.29, 0.717) is 17.6 Å². The lowest BCUT2D eigenvalue weighted by molar-refractivity contribution is 0.00525. The monoisotopic (exact) mass is 376 g/mol. The first-order chi connectivity index (χ1) is 13.2. The van der Waals surface area contributed by atoms with Crippen LogP contribution in [0.5, 0.6) is 5.75 Å². The highest BCUT2D eigenvalue weighted by Crippen LogP contribution is 2.41. The number of hydrogen-bond donors (Lipinski definition) is 0. The van der Waals surface area contributed by atoms with E-state index in [2.05, 4.69) is 6.08 Å². The molecule has 3 aliphatic carbocycles. The molecular formula is C23H30F2O2. The van der Waals surface area contributed by atoms with Crippen molar-refractivity contribution in [1.82, 2.24) is 0 Å². The maximum atomic E-state index is 14.4. The van der Waals surface area contributed by atoms with Crippen molar-refractivity contribution in [1.29, 1.82) is 0 Å². The van der Waals surface area contributed by atoms with Crippen molar-refractivity contribution >= 4 is 5.57 Å². The van der Waals surface area contributed by atoms with Crippen molar-refractivity contribution in [2.24, 2.45) is 17.8 Å². The van der Waals surface area contributed by atoms with Gasteiger partial charge in [-0.3, -0.25) is 0 Å². The number of halogens is 2. The molecule has 0 bridgehead atoms. The van der Waals surface area contributed by atoms with Gasteiger partial charge in [0.2, 0.25) is 5.82 Å². The number of allylic oxidation sites excluding steroid dienone is 2. The Hall–Kier alpha value is -1.42. The van der Waals surface area contributed by atoms with Gasteiger partial charge < -0.3 is 9.47 Å². The molecule has 0 saturated heterocycles. The minimum atomic E-state index is -0.887. The Morgan fingerprint density at radius 2 is 1.70 bits per heavy atom. The van der Waals surface area contributed by atoms with Crippen LogP contribution in [0.15, 0.2) is 18.2 Å². The molecule has 0 aromatic heterocycles. The molecule has 1 atom stereocenters. The van der Waals surface area contributed by atoms with Gasteiger partial charge in [-0.05, 0) is 93.2 Å². The molecule has 3 aliphatic rings. The quantitative estimate of drug-likeness (QED) is 0.593. The zero-order valence-electron chi connectivity index (χ0n) is 16.2. The summed E-state index contributed by atoms with van der Waals surface area (Å²) in [4.78, 5) is 0. The Morgan fingerprint density at radius 3 is 2.33 bits per heavy atom. The number of ether oxygens (including phenoxy) is 2. The zero-order valence-corrected chi connectivity index (χ0v) is 16.2. The first-order valence-corrected chi connectivity index (χ1v) is 10.5. The first-order valence-electron chi connectivity index (χ1n) is 10.5. The van der Waals surface area contributed by atoms with E-state index >= 15 is 0 Å². The van der Waals surface area contributed by atoms with Crippen LogP contribution in [-0.4, -0.2) is 19.8 Å². The predicted molar refractivity (Wildman–Crippen MR) is 103 cm³/mol. The summed E-state index contributed by atoms with van der Waals surface area (Å²) in [6.07, 6.45) is 13.0. The molecular weight excluding hydrogens is 346 g/mol. The fraction of sp³-hybridized carbons (Fsp3) is 0.652. The summed E-state index contributed by atoms with van der Waals surface area (Å²) in [6, 6.07) is 3.16. The summed E-state index contributed by atoms with van der Waals surface area (Å²) < 4.78 is 39.3. The SMILES string of the molecule is COc1ccc(C2=CCC(C3CCC(OCC4CC4)CC3)CC2)c(F)c1F. The van der Waals surface area contributed by atoms with E-state index in [4.69, 9.17) is 9.47 Å². The van der Waals surface area contributed by atoms with Gasteiger partial charge in [0, 0.05) is 12.2 Å². The van der Waals surface area contributed by atoms with Crippen LogP contribution in [0.2, 0.25) is 0 Å². The molecule has 27 heavy (non-hydrogen) atoms.